The van der Waals surface area contributed by atoms with Crippen LogP contribution in [0.1, 0.15) is 5.56 Å². The first-order chi connectivity index (χ1) is 9.83. The topological polar surface area (TPSA) is 30.8 Å². The van der Waals surface area contributed by atoms with Gasteiger partial charge in [0.2, 0.25) is 5.90 Å². The number of rotatable bonds is 5. The van der Waals surface area contributed by atoms with E-state index < -0.39 is 0 Å². The molecule has 0 radical (unpaired) electrons. The summed E-state index contributed by atoms with van der Waals surface area (Å²) >= 11 is 4.11. The molecule has 0 amide bonds. The molecule has 2 aromatic rings. The Morgan fingerprint density at radius 3 is 2.35 bits per heavy atom. The smallest absolute Gasteiger partial charge is 0.220 e. The molecule has 0 spiro atoms. The van der Waals surface area contributed by atoms with Gasteiger partial charge in [0.15, 0.2) is 0 Å². The molecule has 0 unspecified atom stereocenters. The van der Waals surface area contributed by atoms with Gasteiger partial charge in [0.1, 0.15) is 5.75 Å². The van der Waals surface area contributed by atoms with Gasteiger partial charge < -0.3 is 9.47 Å². The molecular formula is C16H17NO2S. The summed E-state index contributed by atoms with van der Waals surface area (Å²) in [5, 5.41) is 0. The van der Waals surface area contributed by atoms with E-state index in [2.05, 4.69) is 17.6 Å². The van der Waals surface area contributed by atoms with Gasteiger partial charge in [-0.1, -0.05) is 18.2 Å². The number of benzene rings is 2. The molecule has 0 saturated heterocycles. The molecule has 2 aromatic carbocycles. The number of ether oxygens (including phenoxy) is 2. The van der Waals surface area contributed by atoms with E-state index in [4.69, 9.17) is 9.47 Å². The third-order valence-electron chi connectivity index (χ3n) is 2.64. The van der Waals surface area contributed by atoms with Crippen LogP contribution in [0.5, 0.6) is 5.75 Å². The maximum Gasteiger partial charge on any atom is 0.220 e. The lowest BCUT2D eigenvalue weighted by molar-refractivity contribution is 0.344. The lowest BCUT2D eigenvalue weighted by Gasteiger charge is -2.06. The number of aliphatic imine (C=N–C) groups is 1. The molecule has 3 nitrogen and oxygen atoms in total. The Kier molecular flexibility index (Phi) is 5.50. The third kappa shape index (κ3) is 4.03. The highest BCUT2D eigenvalue weighted by atomic mass is 32.1. The van der Waals surface area contributed by atoms with Crippen LogP contribution in [0, 0.1) is 0 Å². The second-order valence-electron chi connectivity index (χ2n) is 4.05. The SMILES string of the molecule is COC(=Nc1ccc(OCCS)cc1)c1ccccc1. The predicted octanol–water partition coefficient (Wildman–Crippen LogP) is 3.72. The average molecular weight is 287 g/mol. The number of hydrogen-bond acceptors (Lipinski definition) is 4. The Hall–Kier alpha value is -1.94. The Morgan fingerprint density at radius 2 is 1.75 bits per heavy atom. The molecule has 0 atom stereocenters. The molecule has 4 heteroatoms. The molecule has 0 aliphatic carbocycles. The van der Waals surface area contributed by atoms with Crippen LogP contribution in [0.2, 0.25) is 0 Å². The first-order valence-electron chi connectivity index (χ1n) is 6.35. The quantitative estimate of drug-likeness (QED) is 0.516. The van der Waals surface area contributed by atoms with Crippen LogP contribution < -0.4 is 4.74 Å². The van der Waals surface area contributed by atoms with Crippen molar-refractivity contribution in [2.45, 2.75) is 0 Å². The van der Waals surface area contributed by atoms with E-state index in [1.807, 2.05) is 54.6 Å². The summed E-state index contributed by atoms with van der Waals surface area (Å²) in [5.74, 6) is 2.10. The van der Waals surface area contributed by atoms with Crippen molar-refractivity contribution in [2.75, 3.05) is 19.5 Å². The fourth-order valence-electron chi connectivity index (χ4n) is 1.71. The molecule has 0 aliphatic rings. The van der Waals surface area contributed by atoms with E-state index in [9.17, 15) is 0 Å². The summed E-state index contributed by atoms with van der Waals surface area (Å²) in [6.07, 6.45) is 0. The van der Waals surface area contributed by atoms with E-state index in [0.29, 0.717) is 18.3 Å². The van der Waals surface area contributed by atoms with Crippen LogP contribution in [-0.4, -0.2) is 25.4 Å². The molecule has 0 heterocycles. The summed E-state index contributed by atoms with van der Waals surface area (Å²) < 4.78 is 10.8. The van der Waals surface area contributed by atoms with Gasteiger partial charge in [0, 0.05) is 11.3 Å². The molecule has 0 bridgehead atoms. The van der Waals surface area contributed by atoms with E-state index >= 15 is 0 Å². The largest absolute Gasteiger partial charge is 0.493 e. The second-order valence-corrected chi connectivity index (χ2v) is 4.50. The number of hydrogen-bond donors (Lipinski definition) is 1. The number of thiol groups is 1. The van der Waals surface area contributed by atoms with E-state index in [-0.39, 0.29) is 0 Å². The van der Waals surface area contributed by atoms with E-state index in [0.717, 1.165) is 17.0 Å². The van der Waals surface area contributed by atoms with Crippen molar-refractivity contribution in [3.63, 3.8) is 0 Å². The summed E-state index contributed by atoms with van der Waals surface area (Å²) in [6.45, 7) is 0.596. The fraction of sp³-hybridized carbons (Fsp3) is 0.188. The Morgan fingerprint density at radius 1 is 1.05 bits per heavy atom. The molecule has 0 N–H and O–H groups in total. The zero-order valence-corrected chi connectivity index (χ0v) is 12.2. The fourth-order valence-corrected chi connectivity index (χ4v) is 1.80. The Labute approximate surface area is 124 Å². The molecule has 0 saturated carbocycles. The van der Waals surface area contributed by atoms with Gasteiger partial charge in [0.05, 0.1) is 19.4 Å². The molecule has 0 fully saturated rings. The Balaban J connectivity index is 2.16. The predicted molar refractivity (Wildman–Crippen MR) is 85.4 cm³/mol. The van der Waals surface area contributed by atoms with Crippen LogP contribution in [0.4, 0.5) is 5.69 Å². The van der Waals surface area contributed by atoms with Crippen molar-refractivity contribution in [3.05, 3.63) is 60.2 Å². The minimum atomic E-state index is 0.592. The Bertz CT molecular complexity index is 552. The molecular weight excluding hydrogens is 270 g/mol. The molecule has 0 aromatic heterocycles. The van der Waals surface area contributed by atoms with Crippen molar-refractivity contribution in [2.24, 2.45) is 4.99 Å². The summed E-state index contributed by atoms with van der Waals surface area (Å²) in [7, 11) is 1.62. The summed E-state index contributed by atoms with van der Waals surface area (Å²) in [4.78, 5) is 4.49. The van der Waals surface area contributed by atoms with Crippen molar-refractivity contribution >= 4 is 24.2 Å². The van der Waals surface area contributed by atoms with Crippen LogP contribution in [0.15, 0.2) is 59.6 Å². The maximum absolute atomic E-state index is 5.47. The van der Waals surface area contributed by atoms with Gasteiger partial charge in [-0.25, -0.2) is 4.99 Å². The van der Waals surface area contributed by atoms with Gasteiger partial charge >= 0.3 is 0 Å². The van der Waals surface area contributed by atoms with Crippen molar-refractivity contribution in [3.8, 4) is 5.75 Å². The monoisotopic (exact) mass is 287 g/mol. The highest BCUT2D eigenvalue weighted by molar-refractivity contribution is 7.80. The number of nitrogens with zero attached hydrogens (tertiary/aromatic N) is 1. The zero-order chi connectivity index (χ0) is 14.2. The molecule has 2 rings (SSSR count). The first-order valence-corrected chi connectivity index (χ1v) is 6.98. The standard InChI is InChI=1S/C16H17NO2S/c1-18-16(13-5-3-2-4-6-13)17-14-7-9-15(10-8-14)19-11-12-20/h2-10,20H,11-12H2,1H3. The van der Waals surface area contributed by atoms with Crippen LogP contribution >= 0.6 is 12.6 Å². The summed E-state index contributed by atoms with van der Waals surface area (Å²) in [5.41, 5.74) is 1.77. The first kappa shape index (κ1) is 14.5. The van der Waals surface area contributed by atoms with Gasteiger partial charge in [0.25, 0.3) is 0 Å². The molecule has 0 aliphatic heterocycles. The minimum absolute atomic E-state index is 0.592. The van der Waals surface area contributed by atoms with Crippen LogP contribution in [0.3, 0.4) is 0 Å². The number of methoxy groups -OCH3 is 1. The van der Waals surface area contributed by atoms with Gasteiger partial charge in [-0.15, -0.1) is 0 Å². The van der Waals surface area contributed by atoms with Crippen molar-refractivity contribution in [1.29, 1.82) is 0 Å². The van der Waals surface area contributed by atoms with Gasteiger partial charge in [-0.05, 0) is 36.4 Å². The third-order valence-corrected chi connectivity index (χ3v) is 2.82. The van der Waals surface area contributed by atoms with Crippen LogP contribution in [0.25, 0.3) is 0 Å². The van der Waals surface area contributed by atoms with E-state index in [1.165, 1.54) is 0 Å². The minimum Gasteiger partial charge on any atom is -0.493 e. The van der Waals surface area contributed by atoms with Gasteiger partial charge in [-0.3, -0.25) is 0 Å². The molecule has 20 heavy (non-hydrogen) atoms. The highest BCUT2D eigenvalue weighted by Gasteiger charge is 2.02. The van der Waals surface area contributed by atoms with Crippen molar-refractivity contribution < 1.29 is 9.47 Å². The lowest BCUT2D eigenvalue weighted by Crippen LogP contribution is -2.02. The van der Waals surface area contributed by atoms with Crippen LogP contribution in [-0.2, 0) is 4.74 Å². The van der Waals surface area contributed by atoms with Crippen molar-refractivity contribution in [1.82, 2.24) is 0 Å². The summed E-state index contributed by atoms with van der Waals surface area (Å²) in [6, 6.07) is 17.4. The lowest BCUT2D eigenvalue weighted by atomic mass is 10.2. The van der Waals surface area contributed by atoms with Gasteiger partial charge in [-0.2, -0.15) is 12.6 Å². The zero-order valence-electron chi connectivity index (χ0n) is 11.3. The average Bonchev–Trinajstić information content (AvgIpc) is 2.52. The normalized spacial score (nSPS) is 11.2. The highest BCUT2D eigenvalue weighted by Crippen LogP contribution is 2.19. The second kappa shape index (κ2) is 7.60. The molecule has 104 valence electrons. The maximum atomic E-state index is 5.47. The van der Waals surface area contributed by atoms with E-state index in [1.54, 1.807) is 7.11 Å².